The molecule has 1 aliphatic rings. The highest BCUT2D eigenvalue weighted by Gasteiger charge is 2.29. The molecule has 0 spiro atoms. The van der Waals surface area contributed by atoms with Crippen molar-refractivity contribution >= 4 is 34.0 Å². The summed E-state index contributed by atoms with van der Waals surface area (Å²) >= 11 is 1.77. The van der Waals surface area contributed by atoms with E-state index in [2.05, 4.69) is 19.2 Å². The van der Waals surface area contributed by atoms with Crippen LogP contribution in [0.4, 0.5) is 15.8 Å². The van der Waals surface area contributed by atoms with Gasteiger partial charge in [0.25, 0.3) is 5.69 Å². The molecule has 1 aromatic rings. The van der Waals surface area contributed by atoms with Crippen molar-refractivity contribution in [2.75, 3.05) is 5.32 Å². The molecule has 3 unspecified atom stereocenters. The van der Waals surface area contributed by atoms with Gasteiger partial charge in [0.15, 0.2) is 0 Å². The van der Waals surface area contributed by atoms with Crippen molar-refractivity contribution < 1.29 is 9.31 Å². The van der Waals surface area contributed by atoms with Crippen LogP contribution in [0.3, 0.4) is 0 Å². The number of nitrogens with one attached hydrogen (secondary N) is 1. The van der Waals surface area contributed by atoms with Crippen LogP contribution in [0.1, 0.15) is 33.1 Å². The fourth-order valence-electron chi connectivity index (χ4n) is 2.79. The highest BCUT2D eigenvalue weighted by Crippen LogP contribution is 2.35. The Labute approximate surface area is 131 Å². The molecular weight excluding hydrogens is 374 g/mol. The zero-order valence-corrected chi connectivity index (χ0v) is 13.7. The maximum Gasteiger partial charge on any atom is 0.293 e. The van der Waals surface area contributed by atoms with Crippen LogP contribution in [0.15, 0.2) is 12.1 Å². The highest BCUT2D eigenvalue weighted by atomic mass is 127. The van der Waals surface area contributed by atoms with E-state index in [4.69, 9.17) is 0 Å². The highest BCUT2D eigenvalue weighted by molar-refractivity contribution is 14.1. The molecule has 0 aromatic heterocycles. The zero-order chi connectivity index (χ0) is 14.9. The Bertz CT molecular complexity index is 524. The summed E-state index contributed by atoms with van der Waals surface area (Å²) in [4.78, 5) is 10.7. The summed E-state index contributed by atoms with van der Waals surface area (Å²) in [6.45, 7) is 4.35. The molecule has 1 fully saturated rings. The lowest BCUT2D eigenvalue weighted by Gasteiger charge is -2.35. The Balaban J connectivity index is 2.28. The van der Waals surface area contributed by atoms with Crippen LogP contribution in [0.25, 0.3) is 0 Å². The second-order valence-electron chi connectivity index (χ2n) is 5.56. The van der Waals surface area contributed by atoms with Crippen LogP contribution in [0.2, 0.25) is 0 Å². The molecule has 1 aliphatic carbocycles. The summed E-state index contributed by atoms with van der Waals surface area (Å²) in [7, 11) is 0. The number of benzene rings is 1. The van der Waals surface area contributed by atoms with Crippen molar-refractivity contribution in [1.82, 2.24) is 0 Å². The number of nitrogens with zero attached hydrogens (tertiary/aromatic N) is 1. The van der Waals surface area contributed by atoms with Gasteiger partial charge in [0.2, 0.25) is 0 Å². The molecule has 0 heterocycles. The second-order valence-corrected chi connectivity index (χ2v) is 6.72. The minimum Gasteiger partial charge on any atom is -0.376 e. The first-order chi connectivity index (χ1) is 9.40. The number of nitro benzene ring substituents is 1. The predicted molar refractivity (Wildman–Crippen MR) is 85.4 cm³/mol. The second kappa shape index (κ2) is 6.24. The van der Waals surface area contributed by atoms with E-state index in [9.17, 15) is 14.5 Å². The van der Waals surface area contributed by atoms with E-state index in [0.717, 1.165) is 12.8 Å². The van der Waals surface area contributed by atoms with Crippen LogP contribution in [-0.2, 0) is 0 Å². The molecule has 20 heavy (non-hydrogen) atoms. The molecule has 3 atom stereocenters. The molecular formula is C14H18FIN2O2. The van der Waals surface area contributed by atoms with E-state index in [1.165, 1.54) is 18.6 Å². The van der Waals surface area contributed by atoms with Crippen molar-refractivity contribution in [2.24, 2.45) is 11.8 Å². The van der Waals surface area contributed by atoms with E-state index in [-0.39, 0.29) is 15.3 Å². The molecule has 0 amide bonds. The molecule has 1 aromatic carbocycles. The Morgan fingerprint density at radius 3 is 2.75 bits per heavy atom. The smallest absolute Gasteiger partial charge is 0.293 e. The molecule has 6 heteroatoms. The molecule has 1 saturated carbocycles. The molecule has 4 nitrogen and oxygen atoms in total. The van der Waals surface area contributed by atoms with Crippen molar-refractivity contribution in [3.05, 3.63) is 31.6 Å². The molecule has 0 bridgehead atoms. The van der Waals surface area contributed by atoms with Crippen molar-refractivity contribution in [2.45, 2.75) is 39.2 Å². The van der Waals surface area contributed by atoms with Gasteiger partial charge in [-0.05, 0) is 40.8 Å². The Hall–Kier alpha value is -0.920. The first kappa shape index (κ1) is 15.5. The van der Waals surface area contributed by atoms with Gasteiger partial charge in [0.05, 0.1) is 8.49 Å². The normalized spacial score (nSPS) is 26.3. The monoisotopic (exact) mass is 392 g/mol. The number of halogens is 2. The average Bonchev–Trinajstić information content (AvgIpc) is 2.38. The van der Waals surface area contributed by atoms with Crippen molar-refractivity contribution in [1.29, 1.82) is 0 Å². The lowest BCUT2D eigenvalue weighted by atomic mass is 9.78. The number of hydrogen-bond acceptors (Lipinski definition) is 3. The van der Waals surface area contributed by atoms with Gasteiger partial charge in [-0.1, -0.05) is 26.7 Å². The van der Waals surface area contributed by atoms with Crippen molar-refractivity contribution in [3.63, 3.8) is 0 Å². The number of hydrogen-bond donors (Lipinski definition) is 1. The number of anilines is 1. The first-order valence-corrected chi connectivity index (χ1v) is 7.88. The van der Waals surface area contributed by atoms with Gasteiger partial charge in [-0.2, -0.15) is 0 Å². The predicted octanol–water partition coefficient (Wildman–Crippen LogP) is 4.58. The van der Waals surface area contributed by atoms with Gasteiger partial charge in [0.1, 0.15) is 11.5 Å². The van der Waals surface area contributed by atoms with Gasteiger partial charge >= 0.3 is 0 Å². The van der Waals surface area contributed by atoms with E-state index >= 15 is 0 Å². The van der Waals surface area contributed by atoms with Crippen LogP contribution in [0.5, 0.6) is 0 Å². The van der Waals surface area contributed by atoms with E-state index < -0.39 is 10.7 Å². The maximum atomic E-state index is 13.7. The molecule has 2 rings (SSSR count). The summed E-state index contributed by atoms with van der Waals surface area (Å²) in [5.41, 5.74) is 0.236. The van der Waals surface area contributed by atoms with Gasteiger partial charge in [-0.25, -0.2) is 4.39 Å². The van der Waals surface area contributed by atoms with Gasteiger partial charge in [0, 0.05) is 18.2 Å². The van der Waals surface area contributed by atoms with Crippen LogP contribution in [0, 0.1) is 31.3 Å². The molecule has 110 valence electrons. The average molecular weight is 392 g/mol. The lowest BCUT2D eigenvalue weighted by Crippen LogP contribution is -2.35. The minimum atomic E-state index is -0.457. The Morgan fingerprint density at radius 1 is 1.40 bits per heavy atom. The van der Waals surface area contributed by atoms with Crippen LogP contribution >= 0.6 is 22.6 Å². The summed E-state index contributed by atoms with van der Waals surface area (Å²) in [5.74, 6) is 0.579. The number of rotatable bonds is 3. The minimum absolute atomic E-state index is 0.0544. The van der Waals surface area contributed by atoms with Crippen LogP contribution < -0.4 is 5.32 Å². The van der Waals surface area contributed by atoms with Gasteiger partial charge < -0.3 is 5.32 Å². The van der Waals surface area contributed by atoms with Gasteiger partial charge in [-0.3, -0.25) is 10.1 Å². The van der Waals surface area contributed by atoms with Gasteiger partial charge in [-0.15, -0.1) is 0 Å². The summed E-state index contributed by atoms with van der Waals surface area (Å²) in [6.07, 6.45) is 3.25. The Kier molecular flexibility index (Phi) is 4.82. The SMILES string of the molecule is CC1CCCC(Nc2cc(F)c(I)cc2[N+](=O)[O-])C1C. The Morgan fingerprint density at radius 2 is 2.10 bits per heavy atom. The third kappa shape index (κ3) is 3.21. The van der Waals surface area contributed by atoms with E-state index in [0.29, 0.717) is 17.5 Å². The third-order valence-electron chi connectivity index (χ3n) is 4.28. The molecule has 0 radical (unpaired) electrons. The molecule has 0 saturated heterocycles. The standard InChI is InChI=1S/C14H18FIN2O2/c1-8-4-3-5-12(9(8)2)17-13-6-10(15)11(16)7-14(13)18(19)20/h6-9,12,17H,3-5H2,1-2H3. The van der Waals surface area contributed by atoms with Crippen molar-refractivity contribution in [3.8, 4) is 0 Å². The topological polar surface area (TPSA) is 55.2 Å². The maximum absolute atomic E-state index is 13.7. The zero-order valence-electron chi connectivity index (χ0n) is 11.5. The number of nitro groups is 1. The first-order valence-electron chi connectivity index (χ1n) is 6.80. The van der Waals surface area contributed by atoms with Crippen LogP contribution in [-0.4, -0.2) is 11.0 Å². The molecule has 0 aliphatic heterocycles. The van der Waals surface area contributed by atoms with E-state index in [1.807, 2.05) is 0 Å². The lowest BCUT2D eigenvalue weighted by molar-refractivity contribution is -0.384. The van der Waals surface area contributed by atoms with E-state index in [1.54, 1.807) is 22.6 Å². The summed E-state index contributed by atoms with van der Waals surface area (Å²) < 4.78 is 13.9. The third-order valence-corrected chi connectivity index (χ3v) is 5.11. The fourth-order valence-corrected chi connectivity index (χ4v) is 3.24. The quantitative estimate of drug-likeness (QED) is 0.466. The summed E-state index contributed by atoms with van der Waals surface area (Å²) in [6, 6.07) is 2.69. The largest absolute Gasteiger partial charge is 0.376 e. The summed E-state index contributed by atoms with van der Waals surface area (Å²) in [5, 5.41) is 14.3. The fraction of sp³-hybridized carbons (Fsp3) is 0.571. The molecule has 1 N–H and O–H groups in total.